The zero-order valence-electron chi connectivity index (χ0n) is 15.3. The lowest BCUT2D eigenvalue weighted by Crippen LogP contribution is -2.46. The van der Waals surface area contributed by atoms with Crippen LogP contribution in [0.15, 0.2) is 29.2 Å². The van der Waals surface area contributed by atoms with E-state index in [1.54, 1.807) is 16.4 Å². The highest BCUT2D eigenvalue weighted by molar-refractivity contribution is 14.1. The van der Waals surface area contributed by atoms with Gasteiger partial charge in [0.15, 0.2) is 8.32 Å². The maximum Gasteiger partial charge on any atom is 0.243 e. The number of hydrogen-bond acceptors (Lipinski definition) is 3. The minimum Gasteiger partial charge on any atom is -0.411 e. The van der Waals surface area contributed by atoms with Crippen molar-refractivity contribution >= 4 is 40.9 Å². The van der Waals surface area contributed by atoms with E-state index in [0.29, 0.717) is 18.0 Å². The molecule has 1 fully saturated rings. The minimum absolute atomic E-state index is 0.0354. The van der Waals surface area contributed by atoms with E-state index >= 15 is 0 Å². The Kier molecular flexibility index (Phi) is 5.92. The summed E-state index contributed by atoms with van der Waals surface area (Å²) in [5.74, 6) is 0. The average Bonchev–Trinajstić information content (AvgIpc) is 2.79. The molecular weight excluding hydrogens is 453 g/mol. The molecule has 136 valence electrons. The van der Waals surface area contributed by atoms with Crippen LogP contribution in [0.5, 0.6) is 0 Å². The van der Waals surface area contributed by atoms with E-state index in [1.165, 1.54) is 0 Å². The molecule has 24 heavy (non-hydrogen) atoms. The van der Waals surface area contributed by atoms with Gasteiger partial charge < -0.3 is 4.43 Å². The molecule has 0 radical (unpaired) electrons. The lowest BCUT2D eigenvalue weighted by atomic mass is 10.2. The molecule has 2 rings (SSSR count). The maximum absolute atomic E-state index is 12.9. The molecule has 0 bridgehead atoms. The van der Waals surface area contributed by atoms with E-state index in [-0.39, 0.29) is 15.1 Å². The zero-order chi connectivity index (χ0) is 18.3. The van der Waals surface area contributed by atoms with E-state index in [9.17, 15) is 8.42 Å². The molecule has 1 aliphatic heterocycles. The second-order valence-corrected chi connectivity index (χ2v) is 16.4. The molecule has 2 unspecified atom stereocenters. The Morgan fingerprint density at radius 2 is 1.71 bits per heavy atom. The van der Waals surface area contributed by atoms with Gasteiger partial charge in [0.25, 0.3) is 0 Å². The summed E-state index contributed by atoms with van der Waals surface area (Å²) in [4.78, 5) is 0.365. The van der Waals surface area contributed by atoms with E-state index in [1.807, 2.05) is 19.1 Å². The second kappa shape index (κ2) is 6.98. The summed E-state index contributed by atoms with van der Waals surface area (Å²) < 4.78 is 34.0. The first-order valence-corrected chi connectivity index (χ1v) is 13.8. The summed E-state index contributed by atoms with van der Waals surface area (Å²) in [5, 5.41) is 0.118. The van der Waals surface area contributed by atoms with Gasteiger partial charge >= 0.3 is 0 Å². The highest BCUT2D eigenvalue weighted by atomic mass is 127. The highest BCUT2D eigenvalue weighted by Crippen LogP contribution is 2.39. The summed E-state index contributed by atoms with van der Waals surface area (Å²) >= 11 is 2.33. The van der Waals surface area contributed by atoms with Crippen molar-refractivity contribution in [2.45, 2.75) is 60.8 Å². The third-order valence-corrected chi connectivity index (χ3v) is 12.6. The molecule has 0 aliphatic carbocycles. The maximum atomic E-state index is 12.9. The predicted octanol–water partition coefficient (Wildman–Crippen LogP) is 4.19. The monoisotopic (exact) mass is 481 g/mol. The standard InChI is InChI=1S/C17H28INO3SSi/c1-13-7-9-14(10-8-13)23(20,21)19-11-15(18)16(12-19)22-24(5,6)17(2,3)4/h7-10,15-16H,11-12H2,1-6H3. The average molecular weight is 481 g/mol. The fourth-order valence-corrected chi connectivity index (χ4v) is 6.64. The lowest BCUT2D eigenvalue weighted by molar-refractivity contribution is 0.200. The Hall–Kier alpha value is 0.0369. The zero-order valence-corrected chi connectivity index (χ0v) is 19.3. The first-order valence-electron chi connectivity index (χ1n) is 8.23. The Morgan fingerprint density at radius 3 is 2.21 bits per heavy atom. The molecule has 2 atom stereocenters. The summed E-state index contributed by atoms with van der Waals surface area (Å²) in [7, 11) is -5.36. The SMILES string of the molecule is Cc1ccc(S(=O)(=O)N2CC(I)C(O[Si](C)(C)C(C)(C)C)C2)cc1. The lowest BCUT2D eigenvalue weighted by Gasteiger charge is -2.39. The van der Waals surface area contributed by atoms with E-state index in [2.05, 4.69) is 56.5 Å². The molecule has 1 aliphatic rings. The van der Waals surface area contributed by atoms with Crippen LogP contribution in [0.3, 0.4) is 0 Å². The Labute approximate surface area is 161 Å². The van der Waals surface area contributed by atoms with Crippen LogP contribution in [0.25, 0.3) is 0 Å². The molecule has 1 aromatic rings. The van der Waals surface area contributed by atoms with Gasteiger partial charge in [-0.05, 0) is 37.2 Å². The first-order chi connectivity index (χ1) is 10.8. The molecule has 1 aromatic carbocycles. The van der Waals surface area contributed by atoms with Gasteiger partial charge in [-0.1, -0.05) is 61.1 Å². The van der Waals surface area contributed by atoms with Crippen molar-refractivity contribution in [3.63, 3.8) is 0 Å². The van der Waals surface area contributed by atoms with Crippen LogP contribution in [0.2, 0.25) is 18.1 Å². The molecule has 0 spiro atoms. The van der Waals surface area contributed by atoms with Crippen molar-refractivity contribution in [1.29, 1.82) is 0 Å². The third-order valence-electron chi connectivity index (χ3n) is 5.08. The molecule has 4 nitrogen and oxygen atoms in total. The van der Waals surface area contributed by atoms with Crippen LogP contribution < -0.4 is 0 Å². The Morgan fingerprint density at radius 1 is 1.17 bits per heavy atom. The predicted molar refractivity (Wildman–Crippen MR) is 110 cm³/mol. The smallest absolute Gasteiger partial charge is 0.243 e. The fraction of sp³-hybridized carbons (Fsp3) is 0.647. The number of alkyl halides is 1. The van der Waals surface area contributed by atoms with Crippen LogP contribution in [-0.4, -0.2) is 44.2 Å². The van der Waals surface area contributed by atoms with Crippen LogP contribution >= 0.6 is 22.6 Å². The van der Waals surface area contributed by atoms with Gasteiger partial charge in [0.05, 0.1) is 14.9 Å². The second-order valence-electron chi connectivity index (χ2n) is 8.07. The van der Waals surface area contributed by atoms with Crippen molar-refractivity contribution in [2.24, 2.45) is 0 Å². The molecule has 0 amide bonds. The largest absolute Gasteiger partial charge is 0.411 e. The van der Waals surface area contributed by atoms with Gasteiger partial charge in [0.1, 0.15) is 0 Å². The summed E-state index contributed by atoms with van der Waals surface area (Å²) in [5.41, 5.74) is 1.06. The van der Waals surface area contributed by atoms with Gasteiger partial charge in [-0.2, -0.15) is 4.31 Å². The summed E-state index contributed by atoms with van der Waals surface area (Å²) in [6.07, 6.45) is -0.0354. The highest BCUT2D eigenvalue weighted by Gasteiger charge is 2.45. The number of sulfonamides is 1. The number of hydrogen-bond donors (Lipinski definition) is 0. The normalized spacial score (nSPS) is 23.6. The summed E-state index contributed by atoms with van der Waals surface area (Å²) in [6, 6.07) is 7.06. The molecule has 1 heterocycles. The van der Waals surface area contributed by atoms with Crippen molar-refractivity contribution in [2.75, 3.05) is 13.1 Å². The van der Waals surface area contributed by atoms with Gasteiger partial charge in [-0.3, -0.25) is 0 Å². The number of nitrogens with zero attached hydrogens (tertiary/aromatic N) is 1. The number of aryl methyl sites for hydroxylation is 1. The molecular formula is C17H28INO3SSi. The Bertz CT molecular complexity index is 683. The van der Waals surface area contributed by atoms with Gasteiger partial charge in [-0.15, -0.1) is 0 Å². The van der Waals surface area contributed by atoms with Crippen LogP contribution in [0.4, 0.5) is 0 Å². The summed E-state index contributed by atoms with van der Waals surface area (Å²) in [6.45, 7) is 14.0. The topological polar surface area (TPSA) is 46.6 Å². The van der Waals surface area contributed by atoms with Crippen LogP contribution in [0.1, 0.15) is 26.3 Å². The molecule has 7 heteroatoms. The van der Waals surface area contributed by atoms with Crippen LogP contribution in [-0.2, 0) is 14.4 Å². The molecule has 1 saturated heterocycles. The van der Waals surface area contributed by atoms with Crippen LogP contribution in [0, 0.1) is 6.92 Å². The van der Waals surface area contributed by atoms with Crippen molar-refractivity contribution in [1.82, 2.24) is 4.31 Å². The van der Waals surface area contributed by atoms with Gasteiger partial charge in [0, 0.05) is 13.1 Å². The van der Waals surface area contributed by atoms with Crippen molar-refractivity contribution in [3.05, 3.63) is 29.8 Å². The van der Waals surface area contributed by atoms with E-state index in [4.69, 9.17) is 4.43 Å². The van der Waals surface area contributed by atoms with Crippen molar-refractivity contribution in [3.8, 4) is 0 Å². The number of halogens is 1. The molecule has 0 N–H and O–H groups in total. The van der Waals surface area contributed by atoms with E-state index < -0.39 is 18.3 Å². The molecule has 0 saturated carbocycles. The molecule has 0 aromatic heterocycles. The van der Waals surface area contributed by atoms with Gasteiger partial charge in [0.2, 0.25) is 10.0 Å². The van der Waals surface area contributed by atoms with E-state index in [0.717, 1.165) is 5.56 Å². The fourth-order valence-electron chi connectivity index (χ4n) is 2.42. The van der Waals surface area contributed by atoms with Gasteiger partial charge in [-0.25, -0.2) is 8.42 Å². The third kappa shape index (κ3) is 4.23. The first kappa shape index (κ1) is 20.4. The number of rotatable bonds is 4. The number of benzene rings is 1. The Balaban J connectivity index is 2.17. The quantitative estimate of drug-likeness (QED) is 0.368. The van der Waals surface area contributed by atoms with Crippen molar-refractivity contribution < 1.29 is 12.8 Å². The minimum atomic E-state index is -3.45.